The van der Waals surface area contributed by atoms with Crippen LogP contribution in [0.1, 0.15) is 6.92 Å². The van der Waals surface area contributed by atoms with Crippen molar-refractivity contribution in [3.8, 4) is 11.4 Å². The van der Waals surface area contributed by atoms with Crippen molar-refractivity contribution >= 4 is 34.7 Å². The Labute approximate surface area is 126 Å². The van der Waals surface area contributed by atoms with Crippen molar-refractivity contribution in [2.45, 2.75) is 6.92 Å². The van der Waals surface area contributed by atoms with Gasteiger partial charge in [-0.15, -0.1) is 0 Å². The fraction of sp³-hybridized carbons (Fsp3) is 0.0625. The van der Waals surface area contributed by atoms with Gasteiger partial charge < -0.3 is 4.42 Å². The van der Waals surface area contributed by atoms with Crippen molar-refractivity contribution in [1.82, 2.24) is 15.0 Å². The third kappa shape index (κ3) is 2.45. The van der Waals surface area contributed by atoms with E-state index in [1.165, 1.54) is 6.33 Å². The first-order chi connectivity index (χ1) is 10.2. The van der Waals surface area contributed by atoms with Crippen LogP contribution in [-0.4, -0.2) is 15.0 Å². The Hall–Kier alpha value is -2.46. The van der Waals surface area contributed by atoms with Gasteiger partial charge in [0.15, 0.2) is 5.82 Å². The molecule has 0 fully saturated rings. The van der Waals surface area contributed by atoms with E-state index in [1.807, 2.05) is 37.3 Å². The Morgan fingerprint density at radius 3 is 2.86 bits per heavy atom. The summed E-state index contributed by atoms with van der Waals surface area (Å²) < 4.78 is 5.85. The molecule has 0 atom stereocenters. The Balaban J connectivity index is 2.27. The van der Waals surface area contributed by atoms with Gasteiger partial charge in [-0.2, -0.15) is 4.98 Å². The highest BCUT2D eigenvalue weighted by Crippen LogP contribution is 2.20. The molecule has 2 heterocycles. The molecule has 0 bridgehead atoms. The summed E-state index contributed by atoms with van der Waals surface area (Å²) in [6.07, 6.45) is 6.99. The molecule has 0 amide bonds. The lowest BCUT2D eigenvalue weighted by Gasteiger charge is -1.99. The molecule has 21 heavy (non-hydrogen) atoms. The monoisotopic (exact) mass is 297 g/mol. The Morgan fingerprint density at radius 2 is 2.14 bits per heavy atom. The summed E-state index contributed by atoms with van der Waals surface area (Å²) in [5.74, 6) is 0.518. The highest BCUT2D eigenvalue weighted by molar-refractivity contribution is 6.28. The van der Waals surface area contributed by atoms with E-state index < -0.39 is 0 Å². The number of benzene rings is 1. The number of furan rings is 1. The normalized spacial score (nSPS) is 13.0. The van der Waals surface area contributed by atoms with Crippen LogP contribution in [0.4, 0.5) is 0 Å². The third-order valence-corrected chi connectivity index (χ3v) is 3.29. The Kier molecular flexibility index (Phi) is 3.54. The molecular formula is C16H12ClN3O. The van der Waals surface area contributed by atoms with Gasteiger partial charge in [0.05, 0.1) is 0 Å². The highest BCUT2D eigenvalue weighted by atomic mass is 35.5. The number of fused-ring (bicyclic) bond motifs is 1. The summed E-state index contributed by atoms with van der Waals surface area (Å²) >= 11 is 5.80. The van der Waals surface area contributed by atoms with Gasteiger partial charge in [-0.1, -0.05) is 24.8 Å². The first-order valence-electron chi connectivity index (χ1n) is 6.39. The predicted molar refractivity (Wildman–Crippen MR) is 84.1 cm³/mol. The van der Waals surface area contributed by atoms with Gasteiger partial charge in [0.25, 0.3) is 0 Å². The zero-order valence-electron chi connectivity index (χ0n) is 11.4. The SMILES string of the molecule is C=C/C=c1\c(=C/C)oc2cc(-c3ncnc(Cl)n3)ccc12. The van der Waals surface area contributed by atoms with E-state index in [0.29, 0.717) is 5.82 Å². The van der Waals surface area contributed by atoms with Gasteiger partial charge in [-0.25, -0.2) is 9.97 Å². The third-order valence-electron chi connectivity index (χ3n) is 3.10. The molecule has 0 aliphatic heterocycles. The van der Waals surface area contributed by atoms with Crippen molar-refractivity contribution in [2.24, 2.45) is 0 Å². The van der Waals surface area contributed by atoms with Crippen molar-refractivity contribution in [3.05, 3.63) is 53.1 Å². The summed E-state index contributed by atoms with van der Waals surface area (Å²) in [5, 5.41) is 2.21. The lowest BCUT2D eigenvalue weighted by Crippen LogP contribution is -2.18. The molecule has 2 aromatic heterocycles. The number of aromatic nitrogens is 3. The van der Waals surface area contributed by atoms with Crippen LogP contribution in [0.2, 0.25) is 5.28 Å². The van der Waals surface area contributed by atoms with Gasteiger partial charge in [0.1, 0.15) is 17.3 Å². The van der Waals surface area contributed by atoms with E-state index >= 15 is 0 Å². The largest absolute Gasteiger partial charge is 0.456 e. The smallest absolute Gasteiger partial charge is 0.225 e. The highest BCUT2D eigenvalue weighted by Gasteiger charge is 2.07. The molecule has 0 aliphatic carbocycles. The summed E-state index contributed by atoms with van der Waals surface area (Å²) in [6.45, 7) is 5.68. The van der Waals surface area contributed by atoms with Gasteiger partial charge >= 0.3 is 0 Å². The molecule has 0 radical (unpaired) electrons. The summed E-state index contributed by atoms with van der Waals surface area (Å²) in [6, 6.07) is 5.81. The maximum absolute atomic E-state index is 5.85. The van der Waals surface area contributed by atoms with Crippen LogP contribution in [0.15, 0.2) is 41.6 Å². The van der Waals surface area contributed by atoms with Crippen LogP contribution in [0.5, 0.6) is 0 Å². The number of rotatable bonds is 2. The number of allylic oxidation sites excluding steroid dienone is 1. The minimum atomic E-state index is 0.169. The molecule has 4 nitrogen and oxygen atoms in total. The van der Waals surface area contributed by atoms with E-state index in [9.17, 15) is 0 Å². The van der Waals surface area contributed by atoms with Gasteiger partial charge in [-0.05, 0) is 36.7 Å². The van der Waals surface area contributed by atoms with E-state index in [4.69, 9.17) is 16.0 Å². The molecule has 5 heteroatoms. The molecule has 0 saturated heterocycles. The molecule has 0 saturated carbocycles. The quantitative estimate of drug-likeness (QED) is 0.730. The lowest BCUT2D eigenvalue weighted by atomic mass is 10.1. The van der Waals surface area contributed by atoms with E-state index in [-0.39, 0.29) is 5.28 Å². The number of hydrogen-bond acceptors (Lipinski definition) is 4. The van der Waals surface area contributed by atoms with Gasteiger partial charge in [0.2, 0.25) is 5.28 Å². The Morgan fingerprint density at radius 1 is 1.29 bits per heavy atom. The maximum atomic E-state index is 5.85. The number of halogens is 1. The van der Waals surface area contributed by atoms with Crippen molar-refractivity contribution < 1.29 is 4.42 Å². The summed E-state index contributed by atoms with van der Waals surface area (Å²) in [4.78, 5) is 12.0. The minimum absolute atomic E-state index is 0.169. The number of hydrogen-bond donors (Lipinski definition) is 0. The average molecular weight is 298 g/mol. The van der Waals surface area contributed by atoms with Crippen LogP contribution in [-0.2, 0) is 0 Å². The van der Waals surface area contributed by atoms with E-state index in [0.717, 1.165) is 27.2 Å². The first-order valence-corrected chi connectivity index (χ1v) is 6.77. The van der Waals surface area contributed by atoms with E-state index in [1.54, 1.807) is 6.08 Å². The van der Waals surface area contributed by atoms with Crippen LogP contribution >= 0.6 is 11.6 Å². The first kappa shape index (κ1) is 13.5. The second kappa shape index (κ2) is 5.50. The fourth-order valence-corrected chi connectivity index (χ4v) is 2.32. The second-order valence-corrected chi connectivity index (χ2v) is 4.70. The summed E-state index contributed by atoms with van der Waals surface area (Å²) in [7, 11) is 0. The van der Waals surface area contributed by atoms with Crippen molar-refractivity contribution in [2.75, 3.05) is 0 Å². The van der Waals surface area contributed by atoms with Crippen LogP contribution in [0, 0.1) is 0 Å². The van der Waals surface area contributed by atoms with Gasteiger partial charge in [-0.3, -0.25) is 0 Å². The lowest BCUT2D eigenvalue weighted by molar-refractivity contribution is 0.575. The Bertz CT molecular complexity index is 944. The topological polar surface area (TPSA) is 51.8 Å². The molecule has 3 aromatic rings. The molecule has 0 spiro atoms. The average Bonchev–Trinajstić information content (AvgIpc) is 2.85. The standard InChI is InChI=1S/C16H12ClN3O/c1-3-5-11-12-7-6-10(8-14(12)21-13(11)4-2)15-18-9-19-16(17)20-15/h3-9H,1H2,2H3/b11-5-,13-4+. The van der Waals surface area contributed by atoms with Crippen molar-refractivity contribution in [3.63, 3.8) is 0 Å². The van der Waals surface area contributed by atoms with Crippen LogP contribution in [0.3, 0.4) is 0 Å². The molecule has 0 unspecified atom stereocenters. The predicted octanol–water partition coefficient (Wildman–Crippen LogP) is 2.71. The van der Waals surface area contributed by atoms with E-state index in [2.05, 4.69) is 21.5 Å². The van der Waals surface area contributed by atoms with Crippen LogP contribution in [0.25, 0.3) is 34.5 Å². The molecule has 0 N–H and O–H groups in total. The second-order valence-electron chi connectivity index (χ2n) is 4.36. The molecular weight excluding hydrogens is 286 g/mol. The number of nitrogens with zero attached hydrogens (tertiary/aromatic N) is 3. The molecule has 1 aromatic carbocycles. The molecule has 104 valence electrons. The zero-order chi connectivity index (χ0) is 14.8. The fourth-order valence-electron chi connectivity index (χ4n) is 2.19. The van der Waals surface area contributed by atoms with Crippen molar-refractivity contribution in [1.29, 1.82) is 0 Å². The molecule has 0 aliphatic rings. The zero-order valence-corrected chi connectivity index (χ0v) is 12.1. The minimum Gasteiger partial charge on any atom is -0.456 e. The summed E-state index contributed by atoms with van der Waals surface area (Å²) in [5.41, 5.74) is 2.41. The molecule has 3 rings (SSSR count). The van der Waals surface area contributed by atoms with Gasteiger partial charge in [0, 0.05) is 16.2 Å². The maximum Gasteiger partial charge on any atom is 0.225 e. The van der Waals surface area contributed by atoms with Crippen LogP contribution < -0.4 is 10.6 Å².